The molecule has 110 valence electrons. The Hall–Kier alpha value is -1.03. The van der Waals surface area contributed by atoms with Gasteiger partial charge >= 0.3 is 0 Å². The molecule has 20 heavy (non-hydrogen) atoms. The Labute approximate surface area is 129 Å². The molecule has 1 saturated carbocycles. The van der Waals surface area contributed by atoms with Gasteiger partial charge in [0.2, 0.25) is 0 Å². The van der Waals surface area contributed by atoms with Gasteiger partial charge in [-0.2, -0.15) is 0 Å². The van der Waals surface area contributed by atoms with Crippen LogP contribution >= 0.6 is 15.9 Å². The van der Waals surface area contributed by atoms with E-state index in [1.54, 1.807) is 13.2 Å². The molecule has 0 radical (unpaired) electrons. The van der Waals surface area contributed by atoms with Crippen molar-refractivity contribution in [3.8, 4) is 5.75 Å². The molecule has 0 unspecified atom stereocenters. The lowest BCUT2D eigenvalue weighted by Crippen LogP contribution is -2.25. The molecule has 1 fully saturated rings. The monoisotopic (exact) mass is 339 g/mol. The molecule has 4 heteroatoms. The Morgan fingerprint density at radius 2 is 2.15 bits per heavy atom. The summed E-state index contributed by atoms with van der Waals surface area (Å²) in [6, 6.07) is 5.46. The Kier molecular flexibility index (Phi) is 5.89. The lowest BCUT2D eigenvalue weighted by molar-refractivity contribution is 0.0949. The summed E-state index contributed by atoms with van der Waals surface area (Å²) in [6.45, 7) is 0.745. The Morgan fingerprint density at radius 1 is 1.40 bits per heavy atom. The second-order valence-electron chi connectivity index (χ2n) is 5.39. The van der Waals surface area contributed by atoms with Gasteiger partial charge in [0, 0.05) is 11.0 Å². The standard InChI is InChI=1S/C16H22BrNO2/c1-20-15-11-13(17)8-9-14(15)16(19)18-10-4-7-12-5-2-3-6-12/h8-9,11-12H,2-7,10H2,1H3,(H,18,19). The van der Waals surface area contributed by atoms with Crippen LogP contribution in [0.3, 0.4) is 0 Å². The van der Waals surface area contributed by atoms with Gasteiger partial charge in [-0.25, -0.2) is 0 Å². The number of methoxy groups -OCH3 is 1. The number of benzene rings is 1. The van der Waals surface area contributed by atoms with E-state index in [0.717, 1.165) is 23.4 Å². The van der Waals surface area contributed by atoms with Crippen LogP contribution in [0.4, 0.5) is 0 Å². The third-order valence-corrected chi connectivity index (χ3v) is 4.45. The quantitative estimate of drug-likeness (QED) is 0.790. The SMILES string of the molecule is COc1cc(Br)ccc1C(=O)NCCCC1CCCC1. The molecular weight excluding hydrogens is 318 g/mol. The first-order valence-corrected chi connectivity index (χ1v) is 8.11. The normalized spacial score (nSPS) is 15.3. The molecular formula is C16H22BrNO2. The molecule has 0 bridgehead atoms. The van der Waals surface area contributed by atoms with Gasteiger partial charge in [-0.3, -0.25) is 4.79 Å². The molecule has 1 aliphatic rings. The van der Waals surface area contributed by atoms with E-state index in [9.17, 15) is 4.79 Å². The van der Waals surface area contributed by atoms with Crippen LogP contribution in [-0.2, 0) is 0 Å². The molecule has 2 rings (SSSR count). The van der Waals surface area contributed by atoms with Crippen molar-refractivity contribution in [3.05, 3.63) is 28.2 Å². The largest absolute Gasteiger partial charge is 0.496 e. The first-order valence-electron chi connectivity index (χ1n) is 7.32. The fourth-order valence-electron chi connectivity index (χ4n) is 2.84. The topological polar surface area (TPSA) is 38.3 Å². The zero-order valence-corrected chi connectivity index (χ0v) is 13.5. The Morgan fingerprint density at radius 3 is 2.85 bits per heavy atom. The van der Waals surface area contributed by atoms with E-state index in [0.29, 0.717) is 11.3 Å². The highest BCUT2D eigenvalue weighted by Crippen LogP contribution is 2.28. The van der Waals surface area contributed by atoms with Crippen molar-refractivity contribution in [3.63, 3.8) is 0 Å². The average Bonchev–Trinajstić information content (AvgIpc) is 2.96. The van der Waals surface area contributed by atoms with Gasteiger partial charge in [0.05, 0.1) is 12.7 Å². The number of amides is 1. The Bertz CT molecular complexity index is 456. The molecule has 0 atom stereocenters. The Balaban J connectivity index is 1.79. The van der Waals surface area contributed by atoms with E-state index in [1.165, 1.54) is 32.1 Å². The molecule has 0 aromatic heterocycles. The van der Waals surface area contributed by atoms with E-state index in [4.69, 9.17) is 4.74 Å². The molecule has 1 amide bonds. The number of rotatable bonds is 6. The lowest BCUT2D eigenvalue weighted by atomic mass is 10.0. The van der Waals surface area contributed by atoms with Crippen LogP contribution in [0.2, 0.25) is 0 Å². The maximum atomic E-state index is 12.1. The zero-order valence-electron chi connectivity index (χ0n) is 12.0. The van der Waals surface area contributed by atoms with Crippen LogP contribution in [0.15, 0.2) is 22.7 Å². The van der Waals surface area contributed by atoms with Gasteiger partial charge in [-0.05, 0) is 37.0 Å². The minimum absolute atomic E-state index is 0.0548. The first kappa shape index (κ1) is 15.4. The van der Waals surface area contributed by atoms with Crippen LogP contribution in [0.5, 0.6) is 5.75 Å². The first-order chi connectivity index (χ1) is 9.70. The number of carbonyl (C=O) groups excluding carboxylic acids is 1. The number of hydrogen-bond donors (Lipinski definition) is 1. The van der Waals surface area contributed by atoms with Crippen molar-refractivity contribution in [2.24, 2.45) is 5.92 Å². The number of hydrogen-bond acceptors (Lipinski definition) is 2. The smallest absolute Gasteiger partial charge is 0.255 e. The van der Waals surface area contributed by atoms with Crippen LogP contribution in [0, 0.1) is 5.92 Å². The van der Waals surface area contributed by atoms with Gasteiger partial charge < -0.3 is 10.1 Å². The summed E-state index contributed by atoms with van der Waals surface area (Å²) in [5.74, 6) is 1.43. The number of halogens is 1. The maximum absolute atomic E-state index is 12.1. The molecule has 1 aliphatic carbocycles. The second kappa shape index (κ2) is 7.67. The van der Waals surface area contributed by atoms with E-state index in [-0.39, 0.29) is 5.91 Å². The highest BCUT2D eigenvalue weighted by Gasteiger charge is 2.15. The maximum Gasteiger partial charge on any atom is 0.255 e. The highest BCUT2D eigenvalue weighted by molar-refractivity contribution is 9.10. The summed E-state index contributed by atoms with van der Waals surface area (Å²) < 4.78 is 6.15. The van der Waals surface area contributed by atoms with Crippen LogP contribution in [0.25, 0.3) is 0 Å². The summed E-state index contributed by atoms with van der Waals surface area (Å²) in [4.78, 5) is 12.1. The molecule has 1 aromatic carbocycles. The summed E-state index contributed by atoms with van der Waals surface area (Å²) in [6.07, 6.45) is 7.80. The number of nitrogens with one attached hydrogen (secondary N) is 1. The number of carbonyl (C=O) groups is 1. The molecule has 1 aromatic rings. The minimum atomic E-state index is -0.0548. The van der Waals surface area contributed by atoms with Crippen LogP contribution < -0.4 is 10.1 Å². The van der Waals surface area contributed by atoms with Crippen molar-refractivity contribution >= 4 is 21.8 Å². The van der Waals surface area contributed by atoms with Crippen molar-refractivity contribution in [2.75, 3.05) is 13.7 Å². The molecule has 0 heterocycles. The van der Waals surface area contributed by atoms with E-state index < -0.39 is 0 Å². The third kappa shape index (κ3) is 4.23. The van der Waals surface area contributed by atoms with Gasteiger partial charge in [-0.1, -0.05) is 41.6 Å². The van der Waals surface area contributed by atoms with Crippen molar-refractivity contribution in [1.82, 2.24) is 5.32 Å². The van der Waals surface area contributed by atoms with Gasteiger partial charge in [0.15, 0.2) is 0 Å². The summed E-state index contributed by atoms with van der Waals surface area (Å²) in [5.41, 5.74) is 0.594. The van der Waals surface area contributed by atoms with Crippen LogP contribution in [-0.4, -0.2) is 19.6 Å². The predicted molar refractivity (Wildman–Crippen MR) is 84.2 cm³/mol. The highest BCUT2D eigenvalue weighted by atomic mass is 79.9. The average molecular weight is 340 g/mol. The third-order valence-electron chi connectivity index (χ3n) is 3.96. The summed E-state index contributed by atoms with van der Waals surface area (Å²) in [5, 5.41) is 2.98. The van der Waals surface area contributed by atoms with Gasteiger partial charge in [-0.15, -0.1) is 0 Å². The number of ether oxygens (including phenoxy) is 1. The van der Waals surface area contributed by atoms with E-state index >= 15 is 0 Å². The minimum Gasteiger partial charge on any atom is -0.496 e. The van der Waals surface area contributed by atoms with Crippen molar-refractivity contribution in [2.45, 2.75) is 38.5 Å². The molecule has 0 saturated heterocycles. The van der Waals surface area contributed by atoms with E-state index in [2.05, 4.69) is 21.2 Å². The van der Waals surface area contributed by atoms with Gasteiger partial charge in [0.1, 0.15) is 5.75 Å². The van der Waals surface area contributed by atoms with Crippen LogP contribution in [0.1, 0.15) is 48.9 Å². The molecule has 0 spiro atoms. The van der Waals surface area contributed by atoms with E-state index in [1.807, 2.05) is 12.1 Å². The second-order valence-corrected chi connectivity index (χ2v) is 6.31. The lowest BCUT2D eigenvalue weighted by Gasteiger charge is -2.11. The summed E-state index contributed by atoms with van der Waals surface area (Å²) >= 11 is 3.38. The van der Waals surface area contributed by atoms with Crippen molar-refractivity contribution < 1.29 is 9.53 Å². The van der Waals surface area contributed by atoms with Crippen molar-refractivity contribution in [1.29, 1.82) is 0 Å². The molecule has 1 N–H and O–H groups in total. The summed E-state index contributed by atoms with van der Waals surface area (Å²) in [7, 11) is 1.58. The fraction of sp³-hybridized carbons (Fsp3) is 0.562. The zero-order chi connectivity index (χ0) is 14.4. The molecule has 3 nitrogen and oxygen atoms in total. The fourth-order valence-corrected chi connectivity index (χ4v) is 3.18. The molecule has 0 aliphatic heterocycles. The van der Waals surface area contributed by atoms with Gasteiger partial charge in [0.25, 0.3) is 5.91 Å². The predicted octanol–water partition coefficient (Wildman–Crippen LogP) is 4.16.